The van der Waals surface area contributed by atoms with Gasteiger partial charge < -0.3 is 10.2 Å². The molecule has 0 saturated carbocycles. The lowest BCUT2D eigenvalue weighted by Gasteiger charge is -2.23. The number of halogens is 2. The average Bonchev–Trinajstić information content (AvgIpc) is 2.54. The van der Waals surface area contributed by atoms with Gasteiger partial charge in [0.1, 0.15) is 0 Å². The van der Waals surface area contributed by atoms with E-state index in [2.05, 4.69) is 10.3 Å². The summed E-state index contributed by atoms with van der Waals surface area (Å²) in [6, 6.07) is 11.7. The molecule has 0 radical (unpaired) electrons. The number of nitrogens with zero attached hydrogens (tertiary/aromatic N) is 2. The number of pyridine rings is 1. The first-order chi connectivity index (χ1) is 10.3. The molecule has 0 bridgehead atoms. The normalized spacial score (nSPS) is 12.0. The molecule has 1 aliphatic rings. The number of benzene rings is 1. The molecule has 2 aromatic rings. The first kappa shape index (κ1) is 19.3. The fraction of sp³-hybridized carbons (Fsp3) is 0.294. The number of fused-ring (bicyclic) bond motifs is 1. The van der Waals surface area contributed by atoms with Crippen LogP contribution in [-0.2, 0) is 13.0 Å². The summed E-state index contributed by atoms with van der Waals surface area (Å²) in [5, 5.41) is 3.36. The maximum atomic E-state index is 12.7. The molecule has 6 heteroatoms. The number of carbonyl (C=O) groups excluding carboxylic acids is 1. The summed E-state index contributed by atoms with van der Waals surface area (Å²) in [5.41, 5.74) is 3.94. The third kappa shape index (κ3) is 4.36. The first-order valence-electron chi connectivity index (χ1n) is 7.27. The number of nitrogens with one attached hydrogen (secondary N) is 1. The monoisotopic (exact) mass is 353 g/mol. The lowest BCUT2D eigenvalue weighted by atomic mass is 9.97. The van der Waals surface area contributed by atoms with Gasteiger partial charge in [0, 0.05) is 31.0 Å². The van der Waals surface area contributed by atoms with Crippen molar-refractivity contribution in [3.8, 4) is 0 Å². The maximum Gasteiger partial charge on any atom is 0.254 e. The largest absolute Gasteiger partial charge is 0.385 e. The Bertz CT molecular complexity index is 650. The van der Waals surface area contributed by atoms with Crippen LogP contribution < -0.4 is 5.32 Å². The topological polar surface area (TPSA) is 45.2 Å². The van der Waals surface area contributed by atoms with Crippen molar-refractivity contribution in [3.63, 3.8) is 0 Å². The predicted octanol–water partition coefficient (Wildman–Crippen LogP) is 3.56. The number of amides is 1. The van der Waals surface area contributed by atoms with Gasteiger partial charge >= 0.3 is 0 Å². The Morgan fingerprint density at radius 3 is 2.78 bits per heavy atom. The second-order valence-corrected chi connectivity index (χ2v) is 5.34. The third-order valence-electron chi connectivity index (χ3n) is 3.80. The second-order valence-electron chi connectivity index (χ2n) is 5.34. The molecule has 23 heavy (non-hydrogen) atoms. The molecule has 0 fully saturated rings. The van der Waals surface area contributed by atoms with Crippen molar-refractivity contribution in [1.29, 1.82) is 0 Å². The van der Waals surface area contributed by atoms with E-state index < -0.39 is 0 Å². The number of hydrogen-bond donors (Lipinski definition) is 1. The molecule has 1 N–H and O–H groups in total. The van der Waals surface area contributed by atoms with Gasteiger partial charge in [0.05, 0.1) is 12.2 Å². The van der Waals surface area contributed by atoms with Gasteiger partial charge in [-0.05, 0) is 42.7 Å². The highest BCUT2D eigenvalue weighted by Crippen LogP contribution is 2.26. The zero-order valence-electron chi connectivity index (χ0n) is 13.0. The van der Waals surface area contributed by atoms with Crippen LogP contribution >= 0.6 is 24.8 Å². The van der Waals surface area contributed by atoms with Crippen LogP contribution in [0.15, 0.2) is 42.6 Å². The molecule has 1 aromatic heterocycles. The molecule has 1 amide bonds. The van der Waals surface area contributed by atoms with Crippen LogP contribution in [-0.4, -0.2) is 29.4 Å². The SMILES string of the molecule is CN(Cc1ccccn1)C(=O)c1cccc2c1CCCN2.Cl.Cl. The fourth-order valence-electron chi connectivity index (χ4n) is 2.72. The van der Waals surface area contributed by atoms with E-state index in [0.29, 0.717) is 6.54 Å². The van der Waals surface area contributed by atoms with E-state index in [9.17, 15) is 4.79 Å². The molecule has 124 valence electrons. The van der Waals surface area contributed by atoms with Crippen LogP contribution in [0.5, 0.6) is 0 Å². The summed E-state index contributed by atoms with van der Waals surface area (Å²) in [6.45, 7) is 1.51. The quantitative estimate of drug-likeness (QED) is 0.917. The van der Waals surface area contributed by atoms with Crippen LogP contribution in [0.4, 0.5) is 5.69 Å². The Hall–Kier alpha value is -1.78. The van der Waals surface area contributed by atoms with Gasteiger partial charge in [0.15, 0.2) is 0 Å². The number of hydrogen-bond acceptors (Lipinski definition) is 3. The molecule has 3 rings (SSSR count). The summed E-state index contributed by atoms with van der Waals surface area (Å²) in [6.07, 6.45) is 3.78. The molecule has 0 atom stereocenters. The standard InChI is InChI=1S/C17H19N3O.2ClH/c1-20(12-13-6-2-3-10-18-13)17(21)15-7-4-9-16-14(15)8-5-11-19-16;;/h2-4,6-7,9-10,19H,5,8,11-12H2,1H3;2*1H. The van der Waals surface area contributed by atoms with E-state index in [-0.39, 0.29) is 30.7 Å². The Morgan fingerprint density at radius 1 is 1.22 bits per heavy atom. The Balaban J connectivity index is 0.00000132. The third-order valence-corrected chi connectivity index (χ3v) is 3.80. The van der Waals surface area contributed by atoms with Gasteiger partial charge in [-0.3, -0.25) is 9.78 Å². The lowest BCUT2D eigenvalue weighted by molar-refractivity contribution is 0.0782. The molecule has 4 nitrogen and oxygen atoms in total. The van der Waals surface area contributed by atoms with Crippen LogP contribution in [0.25, 0.3) is 0 Å². The van der Waals surface area contributed by atoms with E-state index in [1.54, 1.807) is 11.1 Å². The summed E-state index contributed by atoms with van der Waals surface area (Å²) >= 11 is 0. The summed E-state index contributed by atoms with van der Waals surface area (Å²) < 4.78 is 0. The van der Waals surface area contributed by atoms with Crippen molar-refractivity contribution in [2.45, 2.75) is 19.4 Å². The van der Waals surface area contributed by atoms with Crippen molar-refractivity contribution >= 4 is 36.4 Å². The smallest absolute Gasteiger partial charge is 0.254 e. The number of rotatable bonds is 3. The van der Waals surface area contributed by atoms with Crippen LogP contribution in [0.3, 0.4) is 0 Å². The highest BCUT2D eigenvalue weighted by molar-refractivity contribution is 5.97. The zero-order valence-corrected chi connectivity index (χ0v) is 14.6. The Kier molecular flexibility index (Phi) is 7.33. The minimum Gasteiger partial charge on any atom is -0.385 e. The lowest BCUT2D eigenvalue weighted by Crippen LogP contribution is -2.28. The highest BCUT2D eigenvalue weighted by atomic mass is 35.5. The van der Waals surface area contributed by atoms with E-state index >= 15 is 0 Å². The number of carbonyl (C=O) groups is 1. The van der Waals surface area contributed by atoms with Crippen LogP contribution in [0.2, 0.25) is 0 Å². The average molecular weight is 354 g/mol. The van der Waals surface area contributed by atoms with E-state index in [1.807, 2.05) is 43.4 Å². The summed E-state index contributed by atoms with van der Waals surface area (Å²) in [4.78, 5) is 18.7. The first-order valence-corrected chi connectivity index (χ1v) is 7.27. The zero-order chi connectivity index (χ0) is 14.7. The minimum absolute atomic E-state index is 0. The summed E-state index contributed by atoms with van der Waals surface area (Å²) in [5.74, 6) is 0.0567. The number of anilines is 1. The second kappa shape index (κ2) is 8.75. The van der Waals surface area contributed by atoms with Crippen LogP contribution in [0.1, 0.15) is 28.0 Å². The van der Waals surface area contributed by atoms with Gasteiger partial charge in [-0.2, -0.15) is 0 Å². The Morgan fingerprint density at radius 2 is 2.04 bits per heavy atom. The van der Waals surface area contributed by atoms with E-state index in [4.69, 9.17) is 0 Å². The Labute approximate surface area is 149 Å². The van der Waals surface area contributed by atoms with Gasteiger partial charge in [-0.1, -0.05) is 12.1 Å². The molecular weight excluding hydrogens is 333 g/mol. The van der Waals surface area contributed by atoms with Crippen molar-refractivity contribution in [1.82, 2.24) is 9.88 Å². The molecule has 1 aliphatic heterocycles. The van der Waals surface area contributed by atoms with Crippen molar-refractivity contribution in [2.24, 2.45) is 0 Å². The molecule has 0 spiro atoms. The predicted molar refractivity (Wildman–Crippen MR) is 97.8 cm³/mol. The van der Waals surface area contributed by atoms with Gasteiger partial charge in [0.2, 0.25) is 0 Å². The molecule has 0 saturated heterocycles. The van der Waals surface area contributed by atoms with Gasteiger partial charge in [-0.25, -0.2) is 0 Å². The van der Waals surface area contributed by atoms with Crippen molar-refractivity contribution in [2.75, 3.05) is 18.9 Å². The van der Waals surface area contributed by atoms with Gasteiger partial charge in [-0.15, -0.1) is 24.8 Å². The van der Waals surface area contributed by atoms with Gasteiger partial charge in [0.25, 0.3) is 5.91 Å². The van der Waals surface area contributed by atoms with Crippen molar-refractivity contribution < 1.29 is 4.79 Å². The molecule has 1 aromatic carbocycles. The minimum atomic E-state index is 0. The van der Waals surface area contributed by atoms with E-state index in [0.717, 1.165) is 41.9 Å². The highest BCUT2D eigenvalue weighted by Gasteiger charge is 2.20. The maximum absolute atomic E-state index is 12.7. The van der Waals surface area contributed by atoms with Crippen molar-refractivity contribution in [3.05, 3.63) is 59.4 Å². The molecule has 0 aliphatic carbocycles. The molecular formula is C17H21Cl2N3O. The van der Waals surface area contributed by atoms with Crippen LogP contribution in [0, 0.1) is 0 Å². The fourth-order valence-corrected chi connectivity index (χ4v) is 2.72. The molecule has 2 heterocycles. The molecule has 0 unspecified atom stereocenters. The number of aromatic nitrogens is 1. The summed E-state index contributed by atoms with van der Waals surface area (Å²) in [7, 11) is 1.83. The van der Waals surface area contributed by atoms with E-state index in [1.165, 1.54) is 0 Å².